The van der Waals surface area contributed by atoms with Crippen LogP contribution in [0.2, 0.25) is 0 Å². The molecule has 1 N–H and O–H groups in total. The van der Waals surface area contributed by atoms with E-state index in [1.807, 2.05) is 24.3 Å². The van der Waals surface area contributed by atoms with Gasteiger partial charge in [-0.3, -0.25) is 4.98 Å². The summed E-state index contributed by atoms with van der Waals surface area (Å²) in [6.07, 6.45) is 2.71. The van der Waals surface area contributed by atoms with Crippen LogP contribution in [0.4, 0.5) is 5.82 Å². The van der Waals surface area contributed by atoms with Crippen molar-refractivity contribution in [3.8, 4) is 0 Å². The van der Waals surface area contributed by atoms with Crippen LogP contribution in [0.3, 0.4) is 0 Å². The Morgan fingerprint density at radius 2 is 1.89 bits per heavy atom. The van der Waals surface area contributed by atoms with Crippen LogP contribution in [0, 0.1) is 5.41 Å². The maximum Gasteiger partial charge on any atom is 0.145 e. The van der Waals surface area contributed by atoms with Crippen molar-refractivity contribution in [2.75, 3.05) is 11.9 Å². The van der Waals surface area contributed by atoms with E-state index in [0.717, 1.165) is 23.3 Å². The minimum atomic E-state index is 0.0910. The monoisotopic (exact) mass is 277 g/mol. The average molecular weight is 278 g/mol. The number of hydrogen-bond acceptors (Lipinski definition) is 3. The molecule has 2 aromatic rings. The summed E-state index contributed by atoms with van der Waals surface area (Å²) in [6, 6.07) is 7.84. The van der Waals surface area contributed by atoms with Crippen molar-refractivity contribution in [1.82, 2.24) is 9.97 Å². The van der Waals surface area contributed by atoms with Gasteiger partial charge in [0.1, 0.15) is 5.82 Å². The Kier molecular flexibility index (Phi) is 4.25. The predicted octanol–water partition coefficient (Wildman–Crippen LogP) is 4.09. The van der Waals surface area contributed by atoms with Gasteiger partial charge in [0.15, 0.2) is 0 Å². The maximum absolute atomic E-state index is 6.32. The predicted molar refractivity (Wildman–Crippen MR) is 81.7 cm³/mol. The maximum atomic E-state index is 6.32. The Morgan fingerprint density at radius 1 is 1.21 bits per heavy atom. The molecule has 0 aliphatic rings. The molecule has 4 heteroatoms. The van der Waals surface area contributed by atoms with Crippen LogP contribution in [-0.4, -0.2) is 21.9 Å². The molecule has 0 radical (unpaired) electrons. The van der Waals surface area contributed by atoms with Gasteiger partial charge in [-0.05, 0) is 24.0 Å². The van der Waals surface area contributed by atoms with Crippen LogP contribution in [0.1, 0.15) is 27.2 Å². The van der Waals surface area contributed by atoms with Crippen LogP contribution >= 0.6 is 11.6 Å². The second-order valence-corrected chi connectivity index (χ2v) is 6.60. The van der Waals surface area contributed by atoms with Crippen LogP contribution in [0.5, 0.6) is 0 Å². The summed E-state index contributed by atoms with van der Waals surface area (Å²) in [6.45, 7) is 7.28. The Balaban J connectivity index is 1.98. The Labute approximate surface area is 119 Å². The van der Waals surface area contributed by atoms with E-state index >= 15 is 0 Å². The number of para-hydroxylation sites is 2. The van der Waals surface area contributed by atoms with Gasteiger partial charge in [0, 0.05) is 6.54 Å². The lowest BCUT2D eigenvalue weighted by Gasteiger charge is -2.22. The van der Waals surface area contributed by atoms with Crippen LogP contribution in [-0.2, 0) is 0 Å². The van der Waals surface area contributed by atoms with Gasteiger partial charge >= 0.3 is 0 Å². The highest BCUT2D eigenvalue weighted by molar-refractivity contribution is 6.20. The zero-order valence-corrected chi connectivity index (χ0v) is 12.4. The molecule has 0 amide bonds. The lowest BCUT2D eigenvalue weighted by atomic mass is 9.90. The van der Waals surface area contributed by atoms with Crippen molar-refractivity contribution in [2.24, 2.45) is 5.41 Å². The fraction of sp³-hybridized carbons (Fsp3) is 0.467. The minimum absolute atomic E-state index is 0.0910. The summed E-state index contributed by atoms with van der Waals surface area (Å²) in [7, 11) is 0. The fourth-order valence-corrected chi connectivity index (χ4v) is 2.53. The third-order valence-corrected chi connectivity index (χ3v) is 3.10. The second kappa shape index (κ2) is 5.74. The van der Waals surface area contributed by atoms with E-state index in [0.29, 0.717) is 6.54 Å². The Morgan fingerprint density at radius 3 is 2.58 bits per heavy atom. The molecule has 3 nitrogen and oxygen atoms in total. The number of fused-ring (bicyclic) bond motifs is 1. The number of nitrogens with one attached hydrogen (secondary N) is 1. The van der Waals surface area contributed by atoms with Gasteiger partial charge in [0.2, 0.25) is 0 Å². The van der Waals surface area contributed by atoms with Crippen molar-refractivity contribution in [2.45, 2.75) is 32.6 Å². The highest BCUT2D eigenvalue weighted by Crippen LogP contribution is 2.23. The first-order chi connectivity index (χ1) is 8.94. The number of halogens is 1. The molecule has 102 valence electrons. The second-order valence-electron chi connectivity index (χ2n) is 5.99. The van der Waals surface area contributed by atoms with E-state index < -0.39 is 0 Å². The first-order valence-electron chi connectivity index (χ1n) is 6.54. The molecule has 0 fully saturated rings. The smallest absolute Gasteiger partial charge is 0.145 e. The first-order valence-corrected chi connectivity index (χ1v) is 6.97. The lowest BCUT2D eigenvalue weighted by Crippen LogP contribution is -2.21. The number of alkyl halides is 1. The molecule has 19 heavy (non-hydrogen) atoms. The molecule has 0 aliphatic carbocycles. The number of anilines is 1. The summed E-state index contributed by atoms with van der Waals surface area (Å²) in [5.74, 6) is 0.776. The van der Waals surface area contributed by atoms with E-state index in [-0.39, 0.29) is 10.8 Å². The third-order valence-electron chi connectivity index (χ3n) is 2.79. The summed E-state index contributed by atoms with van der Waals surface area (Å²) in [5.41, 5.74) is 2.04. The van der Waals surface area contributed by atoms with Gasteiger partial charge in [-0.1, -0.05) is 32.9 Å². The molecule has 1 aromatic heterocycles. The minimum Gasteiger partial charge on any atom is -0.367 e. The van der Waals surface area contributed by atoms with Crippen molar-refractivity contribution in [3.05, 3.63) is 30.5 Å². The molecule has 0 saturated heterocycles. The van der Waals surface area contributed by atoms with E-state index in [1.165, 1.54) is 0 Å². The summed E-state index contributed by atoms with van der Waals surface area (Å²) in [5, 5.41) is 3.34. The van der Waals surface area contributed by atoms with E-state index in [2.05, 4.69) is 36.1 Å². The molecule has 1 unspecified atom stereocenters. The highest BCUT2D eigenvalue weighted by atomic mass is 35.5. The molecule has 1 aromatic carbocycles. The molecular formula is C15H20ClN3. The van der Waals surface area contributed by atoms with Crippen molar-refractivity contribution in [3.63, 3.8) is 0 Å². The SMILES string of the molecule is CC(C)(C)CC(Cl)CNc1cnc2ccccc2n1. The average Bonchev–Trinajstić information content (AvgIpc) is 2.34. The zero-order valence-electron chi connectivity index (χ0n) is 11.7. The van der Waals surface area contributed by atoms with Crippen molar-refractivity contribution >= 4 is 28.5 Å². The third kappa shape index (κ3) is 4.35. The van der Waals surface area contributed by atoms with Gasteiger partial charge in [-0.2, -0.15) is 0 Å². The normalized spacial score (nSPS) is 13.5. The first kappa shape index (κ1) is 14.1. The van der Waals surface area contributed by atoms with E-state index in [9.17, 15) is 0 Å². The zero-order chi connectivity index (χ0) is 13.9. The van der Waals surface area contributed by atoms with Gasteiger partial charge in [-0.15, -0.1) is 11.6 Å². The topological polar surface area (TPSA) is 37.8 Å². The number of nitrogens with zero attached hydrogens (tertiary/aromatic N) is 2. The largest absolute Gasteiger partial charge is 0.367 e. The number of hydrogen-bond donors (Lipinski definition) is 1. The molecule has 0 spiro atoms. The molecule has 0 aliphatic heterocycles. The molecule has 0 saturated carbocycles. The van der Waals surface area contributed by atoms with Gasteiger partial charge < -0.3 is 5.32 Å². The van der Waals surface area contributed by atoms with E-state index in [1.54, 1.807) is 6.20 Å². The lowest BCUT2D eigenvalue weighted by molar-refractivity contribution is 0.373. The van der Waals surface area contributed by atoms with Crippen LogP contribution in [0.25, 0.3) is 11.0 Å². The van der Waals surface area contributed by atoms with Gasteiger partial charge in [0.05, 0.1) is 22.6 Å². The van der Waals surface area contributed by atoms with Gasteiger partial charge in [-0.25, -0.2) is 4.98 Å². The molecule has 1 atom stereocenters. The van der Waals surface area contributed by atoms with Gasteiger partial charge in [0.25, 0.3) is 0 Å². The quantitative estimate of drug-likeness (QED) is 0.856. The van der Waals surface area contributed by atoms with E-state index in [4.69, 9.17) is 11.6 Å². The number of rotatable bonds is 4. The standard InChI is InChI=1S/C15H20ClN3/c1-15(2,3)8-11(16)9-18-14-10-17-12-6-4-5-7-13(12)19-14/h4-7,10-11H,8-9H2,1-3H3,(H,18,19). The highest BCUT2D eigenvalue weighted by Gasteiger charge is 2.16. The van der Waals surface area contributed by atoms with Crippen LogP contribution in [0.15, 0.2) is 30.5 Å². The molecular weight excluding hydrogens is 258 g/mol. The van der Waals surface area contributed by atoms with Crippen molar-refractivity contribution < 1.29 is 0 Å². The Bertz CT molecular complexity index is 548. The summed E-state index contributed by atoms with van der Waals surface area (Å²) >= 11 is 6.32. The number of aromatic nitrogens is 2. The van der Waals surface area contributed by atoms with Crippen LogP contribution < -0.4 is 5.32 Å². The summed E-state index contributed by atoms with van der Waals surface area (Å²) < 4.78 is 0. The summed E-state index contributed by atoms with van der Waals surface area (Å²) in [4.78, 5) is 8.88. The Hall–Kier alpha value is -1.35. The molecule has 1 heterocycles. The molecule has 0 bridgehead atoms. The van der Waals surface area contributed by atoms with Crippen molar-refractivity contribution in [1.29, 1.82) is 0 Å². The molecule has 2 rings (SSSR count). The fourth-order valence-electron chi connectivity index (χ4n) is 1.99. The number of benzene rings is 1.